The Bertz CT molecular complexity index is 386. The van der Waals surface area contributed by atoms with Gasteiger partial charge in [0.05, 0.1) is 5.92 Å². The van der Waals surface area contributed by atoms with E-state index in [0.717, 1.165) is 10.5 Å². The molecule has 1 atom stereocenters. The van der Waals surface area contributed by atoms with Gasteiger partial charge in [-0.05, 0) is 17.7 Å². The first-order chi connectivity index (χ1) is 6.66. The molecule has 0 aromatic heterocycles. The molecular weight excluding hydrogens is 198 g/mol. The number of amides is 2. The third-order valence-corrected chi connectivity index (χ3v) is 2.56. The number of carbonyl (C=O) groups is 2. The number of benzene rings is 1. The summed E-state index contributed by atoms with van der Waals surface area (Å²) >= 11 is 4.15. The van der Waals surface area contributed by atoms with Gasteiger partial charge in [0.15, 0.2) is 0 Å². The first kappa shape index (κ1) is 9.27. The summed E-state index contributed by atoms with van der Waals surface area (Å²) in [5, 5.41) is 2.28. The maximum absolute atomic E-state index is 11.3. The van der Waals surface area contributed by atoms with Crippen molar-refractivity contribution in [2.75, 3.05) is 0 Å². The summed E-state index contributed by atoms with van der Waals surface area (Å²) in [6, 6.07) is 7.28. The number of hydrogen-bond donors (Lipinski definition) is 2. The van der Waals surface area contributed by atoms with Crippen molar-refractivity contribution in [2.45, 2.75) is 17.2 Å². The minimum absolute atomic E-state index is 0.199. The van der Waals surface area contributed by atoms with Crippen LogP contribution in [0.2, 0.25) is 0 Å². The molecule has 1 aliphatic rings. The SMILES string of the molecule is O=C1CC(c2ccc(S)cc2)C(=O)N1. The van der Waals surface area contributed by atoms with E-state index in [2.05, 4.69) is 17.9 Å². The monoisotopic (exact) mass is 207 g/mol. The molecule has 0 bridgehead atoms. The summed E-state index contributed by atoms with van der Waals surface area (Å²) in [5.74, 6) is -0.728. The van der Waals surface area contributed by atoms with Crippen molar-refractivity contribution < 1.29 is 9.59 Å². The molecule has 1 saturated heterocycles. The molecular formula is C10H9NO2S. The van der Waals surface area contributed by atoms with E-state index < -0.39 is 0 Å². The zero-order chi connectivity index (χ0) is 10.1. The summed E-state index contributed by atoms with van der Waals surface area (Å²) < 4.78 is 0. The Morgan fingerprint density at radius 1 is 1.21 bits per heavy atom. The van der Waals surface area contributed by atoms with Gasteiger partial charge in [-0.1, -0.05) is 12.1 Å². The smallest absolute Gasteiger partial charge is 0.234 e. The van der Waals surface area contributed by atoms with E-state index in [1.807, 2.05) is 24.3 Å². The quantitative estimate of drug-likeness (QED) is 0.535. The van der Waals surface area contributed by atoms with Gasteiger partial charge in [-0.15, -0.1) is 12.6 Å². The highest BCUT2D eigenvalue weighted by atomic mass is 32.1. The number of hydrogen-bond acceptors (Lipinski definition) is 3. The second-order valence-corrected chi connectivity index (χ2v) is 3.78. The molecule has 1 N–H and O–H groups in total. The average molecular weight is 207 g/mol. The number of thiol groups is 1. The average Bonchev–Trinajstić information content (AvgIpc) is 2.47. The lowest BCUT2D eigenvalue weighted by Crippen LogP contribution is -2.21. The Balaban J connectivity index is 2.27. The fourth-order valence-electron chi connectivity index (χ4n) is 1.53. The first-order valence-corrected chi connectivity index (χ1v) is 4.74. The molecule has 1 unspecified atom stereocenters. The normalized spacial score (nSPS) is 21.1. The van der Waals surface area contributed by atoms with Crippen molar-refractivity contribution in [3.05, 3.63) is 29.8 Å². The first-order valence-electron chi connectivity index (χ1n) is 4.29. The van der Waals surface area contributed by atoms with Crippen LogP contribution in [-0.2, 0) is 9.59 Å². The van der Waals surface area contributed by atoms with Crippen LogP contribution in [0, 0.1) is 0 Å². The van der Waals surface area contributed by atoms with Crippen LogP contribution in [-0.4, -0.2) is 11.8 Å². The highest BCUT2D eigenvalue weighted by Gasteiger charge is 2.31. The maximum atomic E-state index is 11.3. The molecule has 0 saturated carbocycles. The van der Waals surface area contributed by atoms with Gasteiger partial charge in [0, 0.05) is 11.3 Å². The van der Waals surface area contributed by atoms with Crippen molar-refractivity contribution in [3.63, 3.8) is 0 Å². The van der Waals surface area contributed by atoms with Gasteiger partial charge in [0.1, 0.15) is 0 Å². The predicted octanol–water partition coefficient (Wildman–Crippen LogP) is 1.11. The van der Waals surface area contributed by atoms with Crippen LogP contribution in [0.3, 0.4) is 0 Å². The molecule has 0 spiro atoms. The number of nitrogens with one attached hydrogen (secondary N) is 1. The molecule has 1 heterocycles. The van der Waals surface area contributed by atoms with Crippen molar-refractivity contribution in [1.29, 1.82) is 0 Å². The number of carbonyl (C=O) groups excluding carboxylic acids is 2. The van der Waals surface area contributed by atoms with Crippen LogP contribution in [0.1, 0.15) is 17.9 Å². The van der Waals surface area contributed by atoms with Gasteiger partial charge in [0.25, 0.3) is 0 Å². The Labute approximate surface area is 86.9 Å². The molecule has 1 fully saturated rings. The molecule has 2 amide bonds. The molecule has 0 aliphatic carbocycles. The molecule has 14 heavy (non-hydrogen) atoms. The Morgan fingerprint density at radius 2 is 1.86 bits per heavy atom. The van der Waals surface area contributed by atoms with Crippen LogP contribution in [0.5, 0.6) is 0 Å². The molecule has 3 nitrogen and oxygen atoms in total. The summed E-state index contributed by atoms with van der Waals surface area (Å²) in [7, 11) is 0. The lowest BCUT2D eigenvalue weighted by molar-refractivity contribution is -0.125. The number of rotatable bonds is 1. The lowest BCUT2D eigenvalue weighted by Gasteiger charge is -2.05. The summed E-state index contributed by atoms with van der Waals surface area (Å²) in [6.07, 6.45) is 0.255. The van der Waals surface area contributed by atoms with Gasteiger partial charge in [0.2, 0.25) is 11.8 Å². The van der Waals surface area contributed by atoms with Gasteiger partial charge >= 0.3 is 0 Å². The van der Waals surface area contributed by atoms with Crippen molar-refractivity contribution in [2.24, 2.45) is 0 Å². The largest absolute Gasteiger partial charge is 0.296 e. The summed E-state index contributed by atoms with van der Waals surface area (Å²) in [6.45, 7) is 0. The highest BCUT2D eigenvalue weighted by Crippen LogP contribution is 2.24. The second kappa shape index (κ2) is 3.46. The zero-order valence-electron chi connectivity index (χ0n) is 7.36. The fraction of sp³-hybridized carbons (Fsp3) is 0.200. The van der Waals surface area contributed by atoms with E-state index in [1.54, 1.807) is 0 Å². The van der Waals surface area contributed by atoms with E-state index in [0.29, 0.717) is 0 Å². The van der Waals surface area contributed by atoms with E-state index in [4.69, 9.17) is 0 Å². The molecule has 1 aliphatic heterocycles. The van der Waals surface area contributed by atoms with Gasteiger partial charge < -0.3 is 0 Å². The molecule has 4 heteroatoms. The number of imide groups is 1. The standard InChI is InChI=1S/C10H9NO2S/c12-9-5-8(10(13)11-9)6-1-3-7(14)4-2-6/h1-4,8,14H,5H2,(H,11,12,13). The van der Waals surface area contributed by atoms with E-state index >= 15 is 0 Å². The fourth-order valence-corrected chi connectivity index (χ4v) is 1.68. The van der Waals surface area contributed by atoms with Crippen molar-refractivity contribution >= 4 is 24.4 Å². The Morgan fingerprint density at radius 3 is 2.36 bits per heavy atom. The van der Waals surface area contributed by atoms with Crippen LogP contribution < -0.4 is 5.32 Å². The van der Waals surface area contributed by atoms with Crippen molar-refractivity contribution in [3.8, 4) is 0 Å². The molecule has 1 aromatic rings. The maximum Gasteiger partial charge on any atom is 0.234 e. The highest BCUT2D eigenvalue weighted by molar-refractivity contribution is 7.80. The third-order valence-electron chi connectivity index (χ3n) is 2.26. The molecule has 72 valence electrons. The Kier molecular flexibility index (Phi) is 2.29. The van der Waals surface area contributed by atoms with Gasteiger partial charge in [-0.3, -0.25) is 14.9 Å². The zero-order valence-corrected chi connectivity index (χ0v) is 8.25. The van der Waals surface area contributed by atoms with Crippen LogP contribution in [0.25, 0.3) is 0 Å². The summed E-state index contributed by atoms with van der Waals surface area (Å²) in [4.78, 5) is 23.1. The van der Waals surface area contributed by atoms with E-state index in [-0.39, 0.29) is 24.2 Å². The molecule has 0 radical (unpaired) electrons. The van der Waals surface area contributed by atoms with Crippen LogP contribution >= 0.6 is 12.6 Å². The Hall–Kier alpha value is -1.29. The second-order valence-electron chi connectivity index (χ2n) is 3.26. The van der Waals surface area contributed by atoms with Gasteiger partial charge in [-0.2, -0.15) is 0 Å². The van der Waals surface area contributed by atoms with Crippen LogP contribution in [0.4, 0.5) is 0 Å². The summed E-state index contributed by atoms with van der Waals surface area (Å²) in [5.41, 5.74) is 0.867. The molecule has 1 aromatic carbocycles. The lowest BCUT2D eigenvalue weighted by atomic mass is 9.98. The van der Waals surface area contributed by atoms with E-state index in [9.17, 15) is 9.59 Å². The van der Waals surface area contributed by atoms with E-state index in [1.165, 1.54) is 0 Å². The van der Waals surface area contributed by atoms with Crippen molar-refractivity contribution in [1.82, 2.24) is 5.32 Å². The minimum atomic E-state index is -0.323. The predicted molar refractivity (Wildman–Crippen MR) is 54.2 cm³/mol. The topological polar surface area (TPSA) is 46.2 Å². The molecule has 2 rings (SSSR count). The van der Waals surface area contributed by atoms with Gasteiger partial charge in [-0.25, -0.2) is 0 Å². The third kappa shape index (κ3) is 1.65. The minimum Gasteiger partial charge on any atom is -0.296 e. The van der Waals surface area contributed by atoms with Crippen LogP contribution in [0.15, 0.2) is 29.2 Å².